The van der Waals surface area contributed by atoms with E-state index in [1.807, 2.05) is 13.0 Å². The van der Waals surface area contributed by atoms with Crippen LogP contribution in [0.15, 0.2) is 71.9 Å². The van der Waals surface area contributed by atoms with Crippen molar-refractivity contribution in [2.24, 2.45) is 4.99 Å². The van der Waals surface area contributed by atoms with Gasteiger partial charge < -0.3 is 0 Å². The molecule has 0 bridgehead atoms. The second-order valence-electron chi connectivity index (χ2n) is 7.00. The molecule has 0 amide bonds. The van der Waals surface area contributed by atoms with Crippen LogP contribution in [0.25, 0.3) is 17.2 Å². The molecule has 3 aromatic rings. The summed E-state index contributed by atoms with van der Waals surface area (Å²) in [6.07, 6.45) is 6.66. The van der Waals surface area contributed by atoms with Gasteiger partial charge in [0.15, 0.2) is 0 Å². The fraction of sp³-hybridized carbons (Fsp3) is 0.192. The van der Waals surface area contributed by atoms with Crippen molar-refractivity contribution in [3.63, 3.8) is 0 Å². The van der Waals surface area contributed by atoms with Crippen LogP contribution in [0.5, 0.6) is 0 Å². The molecule has 4 rings (SSSR count). The maximum Gasteiger partial charge on any atom is 0.0269 e. The maximum atomic E-state index is 3.98. The first-order valence-corrected chi connectivity index (χ1v) is 9.48. The largest absolute Gasteiger partial charge is 0.269 e. The number of aryl methyl sites for hydroxylation is 2. The fourth-order valence-electron chi connectivity index (χ4n) is 3.37. The van der Waals surface area contributed by atoms with E-state index in [4.69, 9.17) is 0 Å². The van der Waals surface area contributed by atoms with Crippen LogP contribution < -0.4 is 0 Å². The quantitative estimate of drug-likeness (QED) is 0.346. The van der Waals surface area contributed by atoms with Crippen LogP contribution in [0.3, 0.4) is 0 Å². The number of aliphatic imine (C=N–C) groups is 1. The topological polar surface area (TPSA) is 12.4 Å². The smallest absolute Gasteiger partial charge is 0.0269 e. The van der Waals surface area contributed by atoms with Gasteiger partial charge in [-0.2, -0.15) is 0 Å². The SMILES string of the molecule is CC=N/C=C/c1ccc(C)cc1.Cc1ccc2c(c1C)Cc1ccccc1-2. The molecule has 1 nitrogen and oxygen atoms in total. The minimum atomic E-state index is 1.11. The van der Waals surface area contributed by atoms with Crippen molar-refractivity contribution in [2.45, 2.75) is 34.1 Å². The van der Waals surface area contributed by atoms with E-state index in [0.29, 0.717) is 0 Å². The van der Waals surface area contributed by atoms with Gasteiger partial charge in [0.2, 0.25) is 0 Å². The van der Waals surface area contributed by atoms with Crippen molar-refractivity contribution in [1.82, 2.24) is 0 Å². The summed E-state index contributed by atoms with van der Waals surface area (Å²) < 4.78 is 0. The third-order valence-corrected chi connectivity index (χ3v) is 5.12. The first kappa shape index (κ1) is 18.8. The van der Waals surface area contributed by atoms with Crippen LogP contribution in [-0.4, -0.2) is 6.21 Å². The third-order valence-electron chi connectivity index (χ3n) is 5.12. The summed E-state index contributed by atoms with van der Waals surface area (Å²) in [4.78, 5) is 3.98. The molecule has 0 saturated heterocycles. The Hall–Kier alpha value is -2.93. The monoisotopic (exact) mass is 353 g/mol. The average Bonchev–Trinajstić information content (AvgIpc) is 3.07. The summed E-state index contributed by atoms with van der Waals surface area (Å²) in [5.41, 5.74) is 11.2. The predicted octanol–water partition coefficient (Wildman–Crippen LogP) is 6.93. The summed E-state index contributed by atoms with van der Waals surface area (Å²) in [6.45, 7) is 8.41. The lowest BCUT2D eigenvalue weighted by molar-refractivity contribution is 1.19. The van der Waals surface area contributed by atoms with E-state index < -0.39 is 0 Å². The zero-order valence-corrected chi connectivity index (χ0v) is 16.7. The molecule has 1 aliphatic carbocycles. The molecule has 0 heterocycles. The van der Waals surface area contributed by atoms with Crippen molar-refractivity contribution < 1.29 is 0 Å². The second kappa shape index (κ2) is 8.64. The highest BCUT2D eigenvalue weighted by molar-refractivity contribution is 5.78. The Balaban J connectivity index is 0.000000161. The number of benzene rings is 3. The molecule has 136 valence electrons. The minimum Gasteiger partial charge on any atom is -0.269 e. The molecule has 0 aliphatic heterocycles. The van der Waals surface area contributed by atoms with E-state index >= 15 is 0 Å². The van der Waals surface area contributed by atoms with E-state index in [2.05, 4.69) is 86.4 Å². The third kappa shape index (κ3) is 4.43. The molecule has 0 N–H and O–H groups in total. The van der Waals surface area contributed by atoms with Crippen LogP contribution in [0.1, 0.15) is 40.3 Å². The molecule has 0 fully saturated rings. The lowest BCUT2D eigenvalue weighted by Gasteiger charge is -2.06. The van der Waals surface area contributed by atoms with Crippen LogP contribution >= 0.6 is 0 Å². The van der Waals surface area contributed by atoms with E-state index in [9.17, 15) is 0 Å². The van der Waals surface area contributed by atoms with Gasteiger partial charge in [-0.3, -0.25) is 4.99 Å². The van der Waals surface area contributed by atoms with Gasteiger partial charge in [-0.25, -0.2) is 0 Å². The lowest BCUT2D eigenvalue weighted by atomic mass is 9.98. The molecule has 0 spiro atoms. The van der Waals surface area contributed by atoms with Crippen molar-refractivity contribution in [2.75, 3.05) is 0 Å². The van der Waals surface area contributed by atoms with Gasteiger partial charge in [-0.05, 0) is 79.1 Å². The minimum absolute atomic E-state index is 1.11. The van der Waals surface area contributed by atoms with Crippen molar-refractivity contribution in [3.05, 3.63) is 100 Å². The Morgan fingerprint density at radius 2 is 1.56 bits per heavy atom. The first-order chi connectivity index (χ1) is 13.1. The van der Waals surface area contributed by atoms with Crippen molar-refractivity contribution in [3.8, 4) is 11.1 Å². The molecule has 3 aromatic carbocycles. The molecule has 0 aromatic heterocycles. The number of hydrogen-bond acceptors (Lipinski definition) is 1. The Bertz CT molecular complexity index is 976. The average molecular weight is 354 g/mol. The molecular weight excluding hydrogens is 326 g/mol. The van der Waals surface area contributed by atoms with Gasteiger partial charge in [0.25, 0.3) is 0 Å². The zero-order chi connectivity index (χ0) is 19.2. The second-order valence-corrected chi connectivity index (χ2v) is 7.00. The Kier molecular flexibility index (Phi) is 6.03. The number of fused-ring (bicyclic) bond motifs is 3. The van der Waals surface area contributed by atoms with Gasteiger partial charge in [-0.1, -0.05) is 66.2 Å². The van der Waals surface area contributed by atoms with Crippen molar-refractivity contribution >= 4 is 12.3 Å². The molecule has 27 heavy (non-hydrogen) atoms. The number of nitrogens with zero attached hydrogens (tertiary/aromatic N) is 1. The standard InChI is InChI=1S/C15H14.C11H13N/c1-10-7-8-14-13-6-4-3-5-12(13)9-15(14)11(10)2;1-3-12-9-8-11-6-4-10(2)5-7-11/h3-8H,9H2,1-2H3;3-9H,1-2H3/b;9-8+,12-3?. The number of hydrogen-bond donors (Lipinski definition) is 0. The maximum absolute atomic E-state index is 3.98. The molecule has 0 unspecified atom stereocenters. The van der Waals surface area contributed by atoms with Crippen LogP contribution in [-0.2, 0) is 6.42 Å². The molecule has 0 radical (unpaired) electrons. The van der Waals surface area contributed by atoms with Gasteiger partial charge in [0.05, 0.1) is 0 Å². The van der Waals surface area contributed by atoms with E-state index in [-0.39, 0.29) is 0 Å². The highest BCUT2D eigenvalue weighted by atomic mass is 14.6. The van der Waals surface area contributed by atoms with E-state index in [1.165, 1.54) is 44.5 Å². The molecule has 1 aliphatic rings. The summed E-state index contributed by atoms with van der Waals surface area (Å²) in [5, 5.41) is 0. The Morgan fingerprint density at radius 3 is 2.30 bits per heavy atom. The zero-order valence-electron chi connectivity index (χ0n) is 16.7. The summed E-state index contributed by atoms with van der Waals surface area (Å²) in [5.74, 6) is 0. The lowest BCUT2D eigenvalue weighted by Crippen LogP contribution is -1.89. The van der Waals surface area contributed by atoms with Crippen molar-refractivity contribution in [1.29, 1.82) is 0 Å². The van der Waals surface area contributed by atoms with Gasteiger partial charge >= 0.3 is 0 Å². The number of rotatable bonds is 2. The van der Waals surface area contributed by atoms with E-state index in [1.54, 1.807) is 12.4 Å². The normalized spacial score (nSPS) is 12.0. The van der Waals surface area contributed by atoms with Crippen LogP contribution in [0.4, 0.5) is 0 Å². The van der Waals surface area contributed by atoms with Gasteiger partial charge in [0, 0.05) is 12.4 Å². The Labute approximate surface area is 163 Å². The highest BCUT2D eigenvalue weighted by Crippen LogP contribution is 2.38. The summed E-state index contributed by atoms with van der Waals surface area (Å²) in [7, 11) is 0. The summed E-state index contributed by atoms with van der Waals surface area (Å²) >= 11 is 0. The first-order valence-electron chi connectivity index (χ1n) is 9.48. The molecule has 0 atom stereocenters. The summed E-state index contributed by atoms with van der Waals surface area (Å²) in [6, 6.07) is 21.6. The predicted molar refractivity (Wildman–Crippen MR) is 119 cm³/mol. The van der Waals surface area contributed by atoms with Crippen LogP contribution in [0.2, 0.25) is 0 Å². The van der Waals surface area contributed by atoms with Crippen LogP contribution in [0, 0.1) is 20.8 Å². The molecular formula is C26H27N. The van der Waals surface area contributed by atoms with Gasteiger partial charge in [-0.15, -0.1) is 0 Å². The highest BCUT2D eigenvalue weighted by Gasteiger charge is 2.19. The fourth-order valence-corrected chi connectivity index (χ4v) is 3.37. The molecule has 0 saturated carbocycles. The Morgan fingerprint density at radius 1 is 0.815 bits per heavy atom. The molecule has 1 heteroatoms. The van der Waals surface area contributed by atoms with E-state index in [0.717, 1.165) is 6.42 Å². The van der Waals surface area contributed by atoms with Gasteiger partial charge in [0.1, 0.15) is 0 Å².